The van der Waals surface area contributed by atoms with E-state index in [4.69, 9.17) is 14.2 Å². The van der Waals surface area contributed by atoms with Crippen LogP contribution in [0.1, 0.15) is 65.7 Å². The molecule has 8 heteroatoms. The van der Waals surface area contributed by atoms with Gasteiger partial charge >= 0.3 is 11.9 Å². The van der Waals surface area contributed by atoms with Crippen LogP contribution >= 0.6 is 0 Å². The molecule has 1 saturated heterocycles. The second-order valence-corrected chi connectivity index (χ2v) is 12.9. The van der Waals surface area contributed by atoms with Gasteiger partial charge in [0.1, 0.15) is 11.5 Å². The van der Waals surface area contributed by atoms with Crippen molar-refractivity contribution in [2.24, 2.45) is 39.9 Å². The van der Waals surface area contributed by atoms with E-state index in [1.54, 1.807) is 7.11 Å². The van der Waals surface area contributed by atoms with Crippen molar-refractivity contribution in [3.05, 3.63) is 12.2 Å². The van der Waals surface area contributed by atoms with Gasteiger partial charge in [0.05, 0.1) is 24.7 Å². The van der Waals surface area contributed by atoms with Crippen LogP contribution in [0.5, 0.6) is 0 Å². The highest BCUT2D eigenvalue weighted by Gasteiger charge is 2.78. The highest BCUT2D eigenvalue weighted by molar-refractivity contribution is 6.05. The molecule has 37 heavy (non-hydrogen) atoms. The zero-order valence-electron chi connectivity index (χ0n) is 22.7. The number of Topliss-reactive ketones (excluding diaryl/α,β-unsaturated/α-hetero) is 1. The summed E-state index contributed by atoms with van der Waals surface area (Å²) in [6, 6.07) is 0. The third kappa shape index (κ3) is 3.84. The second-order valence-electron chi connectivity index (χ2n) is 12.9. The van der Waals surface area contributed by atoms with Gasteiger partial charge in [-0.2, -0.15) is 0 Å². The lowest BCUT2D eigenvalue weighted by molar-refractivity contribution is -0.272. The number of ether oxygens (including phenoxy) is 3. The SMILES string of the molecule is C=C1C(=O)[C@]23[C@H](OC(=O)[C@H]4CCCNC4)[C@H]1C[C@H](O)[C@H]2[C@]1(COC(C)=O)CCCC(C)(C)[C@H]1C[C@H]3OC. The first-order valence-corrected chi connectivity index (χ1v) is 14.0. The Kier molecular flexibility index (Phi) is 6.85. The molecule has 4 saturated carbocycles. The molecule has 206 valence electrons. The molecule has 9 atom stereocenters. The molecule has 0 aromatic rings. The number of hydrogen-bond donors (Lipinski definition) is 2. The number of aliphatic hydroxyl groups excluding tert-OH is 1. The molecule has 5 aliphatic rings. The van der Waals surface area contributed by atoms with Gasteiger partial charge in [-0.15, -0.1) is 0 Å². The molecule has 0 aromatic carbocycles. The van der Waals surface area contributed by atoms with E-state index in [1.807, 2.05) is 0 Å². The van der Waals surface area contributed by atoms with Crippen molar-refractivity contribution in [1.29, 1.82) is 0 Å². The van der Waals surface area contributed by atoms with Gasteiger partial charge in [0.15, 0.2) is 5.78 Å². The molecular formula is C29H43NO7. The van der Waals surface area contributed by atoms with Crippen molar-refractivity contribution < 1.29 is 33.7 Å². The van der Waals surface area contributed by atoms with Crippen molar-refractivity contribution in [3.63, 3.8) is 0 Å². The Balaban J connectivity index is 1.64. The van der Waals surface area contributed by atoms with Crippen molar-refractivity contribution >= 4 is 17.7 Å². The predicted molar refractivity (Wildman–Crippen MR) is 135 cm³/mol. The van der Waals surface area contributed by atoms with Crippen molar-refractivity contribution in [2.75, 3.05) is 26.8 Å². The summed E-state index contributed by atoms with van der Waals surface area (Å²) < 4.78 is 18.2. The average molecular weight is 518 g/mol. The lowest BCUT2D eigenvalue weighted by Crippen LogP contribution is -2.72. The van der Waals surface area contributed by atoms with E-state index in [0.29, 0.717) is 25.0 Å². The Labute approximate surface area is 219 Å². The second kappa shape index (κ2) is 9.45. The highest BCUT2D eigenvalue weighted by Crippen LogP contribution is 2.72. The first kappa shape index (κ1) is 26.8. The normalized spacial score (nSPS) is 44.5. The third-order valence-corrected chi connectivity index (χ3v) is 10.8. The number of hydrogen-bond acceptors (Lipinski definition) is 8. The number of methoxy groups -OCH3 is 1. The summed E-state index contributed by atoms with van der Waals surface area (Å²) in [6.07, 6.45) is 3.02. The molecule has 4 aliphatic carbocycles. The zero-order valence-corrected chi connectivity index (χ0v) is 22.7. The monoisotopic (exact) mass is 517 g/mol. The number of rotatable bonds is 5. The van der Waals surface area contributed by atoms with Crippen LogP contribution in [0.25, 0.3) is 0 Å². The largest absolute Gasteiger partial charge is 0.465 e. The van der Waals surface area contributed by atoms with Gasteiger partial charge in [0, 0.05) is 37.8 Å². The highest BCUT2D eigenvalue weighted by atomic mass is 16.6. The molecule has 1 heterocycles. The molecule has 2 bridgehead atoms. The molecule has 8 nitrogen and oxygen atoms in total. The van der Waals surface area contributed by atoms with E-state index in [1.165, 1.54) is 6.92 Å². The molecule has 5 fully saturated rings. The minimum absolute atomic E-state index is 0.0560. The Bertz CT molecular complexity index is 971. The van der Waals surface area contributed by atoms with E-state index in [2.05, 4.69) is 25.7 Å². The maximum absolute atomic E-state index is 14.3. The fourth-order valence-electron chi connectivity index (χ4n) is 9.36. The van der Waals surface area contributed by atoms with Crippen LogP contribution in [-0.2, 0) is 28.6 Å². The van der Waals surface area contributed by atoms with Crippen molar-refractivity contribution in [1.82, 2.24) is 5.32 Å². The Hall–Kier alpha value is -1.77. The van der Waals surface area contributed by atoms with Crippen molar-refractivity contribution in [3.8, 4) is 0 Å². The van der Waals surface area contributed by atoms with E-state index < -0.39 is 41.0 Å². The molecule has 5 rings (SSSR count). The average Bonchev–Trinajstić information content (AvgIpc) is 2.99. The van der Waals surface area contributed by atoms with Gasteiger partial charge in [-0.25, -0.2) is 0 Å². The first-order chi connectivity index (χ1) is 17.5. The Morgan fingerprint density at radius 1 is 1.19 bits per heavy atom. The number of aliphatic hydroxyl groups is 1. The summed E-state index contributed by atoms with van der Waals surface area (Å²) in [5.41, 5.74) is -1.58. The number of nitrogens with one attached hydrogen (secondary N) is 1. The van der Waals surface area contributed by atoms with E-state index >= 15 is 0 Å². The Morgan fingerprint density at radius 3 is 2.59 bits per heavy atom. The van der Waals surface area contributed by atoms with Gasteiger partial charge in [-0.1, -0.05) is 26.8 Å². The van der Waals surface area contributed by atoms with Gasteiger partial charge < -0.3 is 24.6 Å². The topological polar surface area (TPSA) is 111 Å². The van der Waals surface area contributed by atoms with Crippen LogP contribution in [-0.4, -0.2) is 67.9 Å². The maximum atomic E-state index is 14.3. The predicted octanol–water partition coefficient (Wildman–Crippen LogP) is 2.81. The lowest BCUT2D eigenvalue weighted by atomic mass is 9.39. The van der Waals surface area contributed by atoms with E-state index in [-0.39, 0.29) is 41.6 Å². The quantitative estimate of drug-likeness (QED) is 0.423. The van der Waals surface area contributed by atoms with Gasteiger partial charge in [0.25, 0.3) is 0 Å². The molecule has 0 aromatic heterocycles. The van der Waals surface area contributed by atoms with Gasteiger partial charge in [0.2, 0.25) is 0 Å². The fourth-order valence-corrected chi connectivity index (χ4v) is 9.36. The van der Waals surface area contributed by atoms with Gasteiger partial charge in [-0.05, 0) is 62.0 Å². The number of fused-ring (bicyclic) bond motifs is 3. The van der Waals surface area contributed by atoms with Crippen LogP contribution < -0.4 is 5.32 Å². The zero-order chi connectivity index (χ0) is 26.8. The third-order valence-electron chi connectivity index (χ3n) is 10.8. The standard InChI is InChI=1S/C29H43NO7/c1-16-19-12-20(32)23-28(15-36-17(2)31)10-7-9-27(3,4)21(28)13-22(35-5)29(23,24(16)33)25(19)37-26(34)18-8-6-11-30-14-18/h18-23,25,30,32H,1,6-15H2,2-5H3/t18-,19-,20-,21+,22+,23-,25+,28-,29+/m0/s1. The maximum Gasteiger partial charge on any atom is 0.310 e. The summed E-state index contributed by atoms with van der Waals surface area (Å²) in [6.45, 7) is 11.6. The molecule has 0 unspecified atom stereocenters. The summed E-state index contributed by atoms with van der Waals surface area (Å²) in [7, 11) is 1.61. The number of ketones is 1. The van der Waals surface area contributed by atoms with Crippen LogP contribution in [0.2, 0.25) is 0 Å². The van der Waals surface area contributed by atoms with E-state index in [0.717, 1.165) is 38.6 Å². The van der Waals surface area contributed by atoms with Crippen LogP contribution in [0.3, 0.4) is 0 Å². The molecule has 0 amide bonds. The number of piperidine rings is 1. The van der Waals surface area contributed by atoms with E-state index in [9.17, 15) is 19.5 Å². The lowest BCUT2D eigenvalue weighted by Gasteiger charge is -2.67. The molecular weight excluding hydrogens is 474 g/mol. The number of carbonyl (C=O) groups excluding carboxylic acids is 3. The smallest absolute Gasteiger partial charge is 0.310 e. The summed E-state index contributed by atoms with van der Waals surface area (Å²) in [4.78, 5) is 39.9. The van der Waals surface area contributed by atoms with Crippen LogP contribution in [0.4, 0.5) is 0 Å². The van der Waals surface area contributed by atoms with Crippen LogP contribution in [0, 0.1) is 39.9 Å². The number of esters is 2. The van der Waals surface area contributed by atoms with Crippen LogP contribution in [0.15, 0.2) is 12.2 Å². The Morgan fingerprint density at radius 2 is 1.95 bits per heavy atom. The minimum Gasteiger partial charge on any atom is -0.465 e. The molecule has 1 aliphatic heterocycles. The first-order valence-electron chi connectivity index (χ1n) is 14.0. The molecule has 1 spiro atoms. The molecule has 0 radical (unpaired) electrons. The number of carbonyl (C=O) groups is 3. The fraction of sp³-hybridized carbons (Fsp3) is 0.828. The molecule has 2 N–H and O–H groups in total. The minimum atomic E-state index is -1.25. The summed E-state index contributed by atoms with van der Waals surface area (Å²) in [5, 5.41) is 15.1. The van der Waals surface area contributed by atoms with Gasteiger partial charge in [-0.3, -0.25) is 14.4 Å². The van der Waals surface area contributed by atoms with Crippen molar-refractivity contribution in [2.45, 2.75) is 84.0 Å². The summed E-state index contributed by atoms with van der Waals surface area (Å²) >= 11 is 0. The summed E-state index contributed by atoms with van der Waals surface area (Å²) in [5.74, 6) is -2.07.